The summed E-state index contributed by atoms with van der Waals surface area (Å²) in [4.78, 5) is 27.4. The van der Waals surface area contributed by atoms with Gasteiger partial charge in [0.15, 0.2) is 6.10 Å². The van der Waals surface area contributed by atoms with E-state index >= 15 is 0 Å². The number of amides is 2. The van der Waals surface area contributed by atoms with Crippen LogP contribution in [0.15, 0.2) is 48.0 Å². The quantitative estimate of drug-likeness (QED) is 0.835. The molecule has 6 nitrogen and oxygen atoms in total. The number of hydrogen-bond donors (Lipinski definition) is 1. The van der Waals surface area contributed by atoms with Crippen molar-refractivity contribution >= 4 is 35.2 Å². The molecular weight excluding hydrogens is 392 g/mol. The van der Waals surface area contributed by atoms with Gasteiger partial charge in [-0.2, -0.15) is 0 Å². The monoisotopic (exact) mass is 412 g/mol. The third kappa shape index (κ3) is 3.93. The molecule has 0 spiro atoms. The first-order chi connectivity index (χ1) is 14.1. The molecule has 0 fully saturated rings. The number of carbonyl (C=O) groups excluding carboxylic acids is 2. The maximum Gasteiger partial charge on any atom is 0.262 e. The standard InChI is InChI=1S/C22H21ClN2O4/c1-2-9-24-21(26)20-12-25(17-5-3-4-6-19(17)29-20)22(27)15-10-14-11-16(23)7-8-18(14)28-13-15/h3-8,10-11,20H,2,9,12-13H2,1H3,(H,24,26)/t20-/m1/s1. The van der Waals surface area contributed by atoms with Crippen molar-refractivity contribution in [3.63, 3.8) is 0 Å². The molecule has 2 aromatic rings. The Kier molecular flexibility index (Phi) is 5.45. The molecule has 150 valence electrons. The van der Waals surface area contributed by atoms with Gasteiger partial charge in [0.05, 0.1) is 17.8 Å². The number of halogens is 1. The summed E-state index contributed by atoms with van der Waals surface area (Å²) in [7, 11) is 0. The first-order valence-electron chi connectivity index (χ1n) is 9.55. The Bertz CT molecular complexity index is 989. The molecule has 0 saturated carbocycles. The van der Waals surface area contributed by atoms with Crippen molar-refractivity contribution in [2.24, 2.45) is 0 Å². The van der Waals surface area contributed by atoms with Gasteiger partial charge in [0, 0.05) is 17.1 Å². The van der Waals surface area contributed by atoms with E-state index in [-0.39, 0.29) is 25.0 Å². The van der Waals surface area contributed by atoms with Crippen molar-refractivity contribution in [3.8, 4) is 11.5 Å². The Balaban J connectivity index is 1.64. The number of carbonyl (C=O) groups is 2. The predicted octanol–water partition coefficient (Wildman–Crippen LogP) is 3.44. The Hall–Kier alpha value is -2.99. The van der Waals surface area contributed by atoms with Gasteiger partial charge in [-0.15, -0.1) is 0 Å². The summed E-state index contributed by atoms with van der Waals surface area (Å²) in [6, 6.07) is 12.5. The SMILES string of the molecule is CCCNC(=O)[C@H]1CN(C(=O)C2=Cc3cc(Cl)ccc3OC2)c2ccccc2O1. The maximum absolute atomic E-state index is 13.4. The summed E-state index contributed by atoms with van der Waals surface area (Å²) < 4.78 is 11.6. The molecule has 2 aromatic carbocycles. The zero-order valence-corrected chi connectivity index (χ0v) is 16.7. The van der Waals surface area contributed by atoms with E-state index in [2.05, 4.69) is 5.32 Å². The van der Waals surface area contributed by atoms with Crippen LogP contribution in [0.3, 0.4) is 0 Å². The summed E-state index contributed by atoms with van der Waals surface area (Å²) >= 11 is 6.07. The van der Waals surface area contributed by atoms with Crippen LogP contribution >= 0.6 is 11.6 Å². The molecule has 0 saturated heterocycles. The molecular formula is C22H21ClN2O4. The van der Waals surface area contributed by atoms with Crippen LogP contribution in [0.4, 0.5) is 5.69 Å². The number of ether oxygens (including phenoxy) is 2. The van der Waals surface area contributed by atoms with E-state index in [1.807, 2.05) is 25.1 Å². The van der Waals surface area contributed by atoms with E-state index in [9.17, 15) is 9.59 Å². The molecule has 0 bridgehead atoms. The average molecular weight is 413 g/mol. The first-order valence-corrected chi connectivity index (χ1v) is 9.93. The number of hydrogen-bond acceptors (Lipinski definition) is 4. The van der Waals surface area contributed by atoms with Crippen LogP contribution in [-0.2, 0) is 9.59 Å². The normalized spacial score (nSPS) is 17.2. The second kappa shape index (κ2) is 8.17. The van der Waals surface area contributed by atoms with Crippen molar-refractivity contribution in [2.45, 2.75) is 19.4 Å². The third-order valence-electron chi connectivity index (χ3n) is 4.82. The lowest BCUT2D eigenvalue weighted by molar-refractivity contribution is -0.128. The van der Waals surface area contributed by atoms with Gasteiger partial charge in [0.1, 0.15) is 18.1 Å². The van der Waals surface area contributed by atoms with Crippen LogP contribution in [0.2, 0.25) is 5.02 Å². The summed E-state index contributed by atoms with van der Waals surface area (Å²) in [5.41, 5.74) is 1.88. The van der Waals surface area contributed by atoms with Crippen molar-refractivity contribution in [1.82, 2.24) is 5.32 Å². The summed E-state index contributed by atoms with van der Waals surface area (Å²) in [6.07, 6.45) is 1.84. The zero-order chi connectivity index (χ0) is 20.4. The lowest BCUT2D eigenvalue weighted by Gasteiger charge is -2.35. The van der Waals surface area contributed by atoms with Gasteiger partial charge in [-0.3, -0.25) is 9.59 Å². The van der Waals surface area contributed by atoms with Gasteiger partial charge >= 0.3 is 0 Å². The van der Waals surface area contributed by atoms with Crippen LogP contribution in [0, 0.1) is 0 Å². The van der Waals surface area contributed by atoms with Gasteiger partial charge in [0.2, 0.25) is 0 Å². The molecule has 2 aliphatic heterocycles. The highest BCUT2D eigenvalue weighted by Crippen LogP contribution is 2.35. The molecule has 1 atom stereocenters. The molecule has 0 radical (unpaired) electrons. The van der Waals surface area contributed by atoms with Crippen molar-refractivity contribution in [1.29, 1.82) is 0 Å². The van der Waals surface area contributed by atoms with Crippen LogP contribution < -0.4 is 19.7 Å². The maximum atomic E-state index is 13.4. The second-order valence-electron chi connectivity index (χ2n) is 6.92. The Morgan fingerprint density at radius 1 is 1.21 bits per heavy atom. The summed E-state index contributed by atoms with van der Waals surface area (Å²) in [5.74, 6) is 0.736. The molecule has 0 aliphatic carbocycles. The number of para-hydroxylation sites is 2. The highest BCUT2D eigenvalue weighted by molar-refractivity contribution is 6.30. The molecule has 2 heterocycles. The minimum atomic E-state index is -0.771. The van der Waals surface area contributed by atoms with Crippen LogP contribution in [0.25, 0.3) is 6.08 Å². The summed E-state index contributed by atoms with van der Waals surface area (Å²) in [5, 5.41) is 3.41. The Labute approximate surface area is 174 Å². The molecule has 0 unspecified atom stereocenters. The number of fused-ring (bicyclic) bond motifs is 2. The van der Waals surface area contributed by atoms with Gasteiger partial charge in [-0.25, -0.2) is 0 Å². The topological polar surface area (TPSA) is 67.9 Å². The largest absolute Gasteiger partial charge is 0.488 e. The number of nitrogens with one attached hydrogen (secondary N) is 1. The van der Waals surface area contributed by atoms with Crippen molar-refractivity contribution in [2.75, 3.05) is 24.6 Å². The molecule has 1 N–H and O–H groups in total. The van der Waals surface area contributed by atoms with Gasteiger partial charge in [-0.05, 0) is 42.8 Å². The molecule has 2 aliphatic rings. The lowest BCUT2D eigenvalue weighted by atomic mass is 10.0. The van der Waals surface area contributed by atoms with Crippen molar-refractivity contribution < 1.29 is 19.1 Å². The van der Waals surface area contributed by atoms with Crippen LogP contribution in [0.5, 0.6) is 11.5 Å². The van der Waals surface area contributed by atoms with E-state index in [0.717, 1.165) is 12.0 Å². The molecule has 4 rings (SSSR count). The molecule has 0 aromatic heterocycles. The highest BCUT2D eigenvalue weighted by atomic mass is 35.5. The molecule has 2 amide bonds. The fraction of sp³-hybridized carbons (Fsp3) is 0.273. The van der Waals surface area contributed by atoms with E-state index in [1.165, 1.54) is 0 Å². The molecule has 29 heavy (non-hydrogen) atoms. The fourth-order valence-electron chi connectivity index (χ4n) is 3.37. The van der Waals surface area contributed by atoms with E-state index in [0.29, 0.717) is 34.3 Å². The van der Waals surface area contributed by atoms with Crippen LogP contribution in [0.1, 0.15) is 18.9 Å². The van der Waals surface area contributed by atoms with E-state index in [1.54, 1.807) is 35.2 Å². The number of benzene rings is 2. The minimum Gasteiger partial charge on any atom is -0.488 e. The number of anilines is 1. The minimum absolute atomic E-state index is 0.130. The van der Waals surface area contributed by atoms with Gasteiger partial charge in [-0.1, -0.05) is 30.7 Å². The third-order valence-corrected chi connectivity index (χ3v) is 5.06. The zero-order valence-electron chi connectivity index (χ0n) is 16.0. The predicted molar refractivity (Wildman–Crippen MR) is 111 cm³/mol. The Morgan fingerprint density at radius 3 is 2.86 bits per heavy atom. The van der Waals surface area contributed by atoms with Gasteiger partial charge < -0.3 is 19.7 Å². The molecule has 7 heteroatoms. The van der Waals surface area contributed by atoms with Crippen molar-refractivity contribution in [3.05, 3.63) is 58.6 Å². The fourth-order valence-corrected chi connectivity index (χ4v) is 3.55. The summed E-state index contributed by atoms with van der Waals surface area (Å²) in [6.45, 7) is 2.82. The van der Waals surface area contributed by atoms with E-state index in [4.69, 9.17) is 21.1 Å². The van der Waals surface area contributed by atoms with E-state index < -0.39 is 6.10 Å². The highest BCUT2D eigenvalue weighted by Gasteiger charge is 2.35. The number of rotatable bonds is 4. The Morgan fingerprint density at radius 2 is 2.03 bits per heavy atom. The second-order valence-corrected chi connectivity index (χ2v) is 7.36. The lowest BCUT2D eigenvalue weighted by Crippen LogP contribution is -2.51. The average Bonchev–Trinajstić information content (AvgIpc) is 2.75. The first kappa shape index (κ1) is 19.3. The van der Waals surface area contributed by atoms with Crippen LogP contribution in [-0.4, -0.2) is 37.6 Å². The number of nitrogens with zero attached hydrogens (tertiary/aromatic N) is 1. The van der Waals surface area contributed by atoms with Gasteiger partial charge in [0.25, 0.3) is 11.8 Å². The smallest absolute Gasteiger partial charge is 0.262 e.